The van der Waals surface area contributed by atoms with Crippen LogP contribution in [0.1, 0.15) is 163 Å². The summed E-state index contributed by atoms with van der Waals surface area (Å²) in [5, 5.41) is 0. The number of rotatable bonds is 22. The van der Waals surface area contributed by atoms with Gasteiger partial charge < -0.3 is 9.80 Å². The molecule has 4 nitrogen and oxygen atoms in total. The Labute approximate surface area is 269 Å². The Morgan fingerprint density at radius 2 is 0.727 bits per heavy atom. The zero-order valence-electron chi connectivity index (χ0n) is 28.0. The number of hydrogen-bond donors (Lipinski definition) is 0. The number of benzene rings is 2. The third kappa shape index (κ3) is 9.21. The number of hydrogen-bond acceptors (Lipinski definition) is 4. The van der Waals surface area contributed by atoms with Gasteiger partial charge in [0.05, 0.1) is 0 Å². The van der Waals surface area contributed by atoms with Gasteiger partial charge in [0.25, 0.3) is 0 Å². The molecule has 0 radical (unpaired) electrons. The molecule has 0 N–H and O–H groups in total. The Balaban J connectivity index is 1.39. The van der Waals surface area contributed by atoms with Crippen molar-refractivity contribution in [3.63, 3.8) is 0 Å². The molecule has 4 heteroatoms. The smallest absolute Gasteiger partial charge is 0.189 e. The van der Waals surface area contributed by atoms with Crippen molar-refractivity contribution in [3.05, 3.63) is 59.7 Å². The number of ketones is 2. The molecule has 0 saturated heterocycles. The number of anilines is 2. The van der Waals surface area contributed by atoms with Gasteiger partial charge in [-0.05, 0) is 37.1 Å². The van der Waals surface area contributed by atoms with Gasteiger partial charge in [-0.15, -0.1) is 0 Å². The predicted octanol–water partition coefficient (Wildman–Crippen LogP) is 11.0. The molecule has 4 rings (SSSR count). The van der Waals surface area contributed by atoms with Gasteiger partial charge >= 0.3 is 0 Å². The molecule has 2 aliphatic heterocycles. The van der Waals surface area contributed by atoms with Gasteiger partial charge in [-0.2, -0.15) is 0 Å². The lowest BCUT2D eigenvalue weighted by atomic mass is 9.80. The van der Waals surface area contributed by atoms with Gasteiger partial charge in [-0.25, -0.2) is 0 Å². The minimum atomic E-state index is -0.450. The summed E-state index contributed by atoms with van der Waals surface area (Å²) in [4.78, 5) is 32.9. The van der Waals surface area contributed by atoms with E-state index in [2.05, 4.69) is 35.8 Å². The van der Waals surface area contributed by atoms with E-state index in [9.17, 15) is 9.59 Å². The molecule has 0 amide bonds. The fourth-order valence-electron chi connectivity index (χ4n) is 7.45. The van der Waals surface area contributed by atoms with E-state index in [1.54, 1.807) is 0 Å². The maximum atomic E-state index is 14.2. The van der Waals surface area contributed by atoms with Crippen LogP contribution < -0.4 is 9.80 Å². The van der Waals surface area contributed by atoms with Crippen LogP contribution in [0.25, 0.3) is 0 Å². The fraction of sp³-hybridized carbons (Fsp3) is 0.650. The van der Waals surface area contributed by atoms with E-state index >= 15 is 0 Å². The van der Waals surface area contributed by atoms with Crippen LogP contribution in [0.2, 0.25) is 0 Å². The Morgan fingerprint density at radius 3 is 1.07 bits per heavy atom. The van der Waals surface area contributed by atoms with Crippen molar-refractivity contribution in [2.24, 2.45) is 0 Å². The highest BCUT2D eigenvalue weighted by molar-refractivity contribution is 6.19. The Morgan fingerprint density at radius 1 is 0.432 bits per heavy atom. The lowest BCUT2D eigenvalue weighted by Gasteiger charge is -2.50. The quantitative estimate of drug-likeness (QED) is 0.126. The highest BCUT2D eigenvalue weighted by atomic mass is 16.1. The summed E-state index contributed by atoms with van der Waals surface area (Å²) in [5.74, 6) is 0.222. The van der Waals surface area contributed by atoms with Gasteiger partial charge in [0.2, 0.25) is 0 Å². The first-order chi connectivity index (χ1) is 21.7. The van der Waals surface area contributed by atoms with Crippen molar-refractivity contribution in [1.82, 2.24) is 0 Å². The zero-order valence-corrected chi connectivity index (χ0v) is 28.0. The lowest BCUT2D eigenvalue weighted by molar-refractivity contribution is 0.0840. The fourth-order valence-corrected chi connectivity index (χ4v) is 7.45. The van der Waals surface area contributed by atoms with Crippen molar-refractivity contribution < 1.29 is 9.59 Å². The standard InChI is InChI=1S/C40H60N2O2/c1-3-5-7-9-11-13-15-17-19-25-31-41-35-29-23-21-27-33(35)40(44)38-37(41)39(43)34-28-22-24-30-36(34)42(38)32-26-20-18-16-14-12-10-8-6-4-2/h21-24,27-30,37-38H,3-20,25-26,31-32H2,1-2H3. The Hall–Kier alpha value is -2.62. The number of carbonyl (C=O) groups excluding carboxylic acids is 2. The van der Waals surface area contributed by atoms with E-state index in [0.29, 0.717) is 0 Å². The second-order valence-corrected chi connectivity index (χ2v) is 13.4. The number of unbranched alkanes of at least 4 members (excludes halogenated alkanes) is 18. The molecule has 2 aromatic carbocycles. The SMILES string of the molecule is CCCCCCCCCCCCN1c2ccccc2C(=O)C2C1C(=O)c1ccccc1N2CCCCCCCCCCCC. The number of nitrogens with zero attached hydrogens (tertiary/aromatic N) is 2. The van der Waals surface area contributed by atoms with Gasteiger partial charge in [-0.3, -0.25) is 9.59 Å². The van der Waals surface area contributed by atoms with Crippen molar-refractivity contribution in [2.75, 3.05) is 22.9 Å². The van der Waals surface area contributed by atoms with Crippen LogP contribution in [0.15, 0.2) is 48.5 Å². The van der Waals surface area contributed by atoms with Crippen LogP contribution in [-0.4, -0.2) is 36.7 Å². The number of fused-ring (bicyclic) bond motifs is 3. The average Bonchev–Trinajstić information content (AvgIpc) is 3.05. The molecular weight excluding hydrogens is 540 g/mol. The normalized spacial score (nSPS) is 17.5. The van der Waals surface area contributed by atoms with Gasteiger partial charge in [0.15, 0.2) is 11.6 Å². The molecule has 2 unspecified atom stereocenters. The molecule has 2 heterocycles. The van der Waals surface area contributed by atoms with E-state index in [1.165, 1.54) is 116 Å². The van der Waals surface area contributed by atoms with Crippen LogP contribution in [0.4, 0.5) is 11.4 Å². The molecule has 0 spiro atoms. The van der Waals surface area contributed by atoms with Gasteiger partial charge in [0, 0.05) is 35.6 Å². The summed E-state index contributed by atoms with van der Waals surface area (Å²) < 4.78 is 0. The number of para-hydroxylation sites is 2. The maximum Gasteiger partial charge on any atom is 0.189 e. The van der Waals surface area contributed by atoms with Crippen LogP contribution in [0.3, 0.4) is 0 Å². The maximum absolute atomic E-state index is 14.2. The highest BCUT2D eigenvalue weighted by Crippen LogP contribution is 2.41. The first-order valence-corrected chi connectivity index (χ1v) is 18.5. The monoisotopic (exact) mass is 600 g/mol. The van der Waals surface area contributed by atoms with Gasteiger partial charge in [0.1, 0.15) is 12.1 Å². The summed E-state index contributed by atoms with van der Waals surface area (Å²) in [5.41, 5.74) is 3.45. The minimum Gasteiger partial charge on any atom is -0.358 e. The summed E-state index contributed by atoms with van der Waals surface area (Å²) in [6, 6.07) is 15.1. The molecule has 2 aromatic rings. The first kappa shape index (κ1) is 34.3. The molecule has 0 aromatic heterocycles. The molecule has 0 bridgehead atoms. The second-order valence-electron chi connectivity index (χ2n) is 13.4. The predicted molar refractivity (Wildman–Crippen MR) is 188 cm³/mol. The van der Waals surface area contributed by atoms with E-state index in [0.717, 1.165) is 48.4 Å². The molecule has 0 aliphatic carbocycles. The number of carbonyl (C=O) groups is 2. The van der Waals surface area contributed by atoms with E-state index in [1.807, 2.05) is 36.4 Å². The highest BCUT2D eigenvalue weighted by Gasteiger charge is 2.50. The van der Waals surface area contributed by atoms with E-state index in [4.69, 9.17) is 0 Å². The molecule has 44 heavy (non-hydrogen) atoms. The average molecular weight is 601 g/mol. The number of Topliss-reactive ketones (excluding diaryl/α,β-unsaturated/α-hetero) is 2. The third-order valence-corrected chi connectivity index (χ3v) is 9.97. The first-order valence-electron chi connectivity index (χ1n) is 18.5. The van der Waals surface area contributed by atoms with Crippen LogP contribution in [0, 0.1) is 0 Å². The second kappa shape index (κ2) is 19.0. The zero-order chi connectivity index (χ0) is 31.0. The summed E-state index contributed by atoms with van der Waals surface area (Å²) in [6.45, 7) is 6.19. The molecule has 0 fully saturated rings. The molecule has 0 saturated carbocycles. The third-order valence-electron chi connectivity index (χ3n) is 9.97. The largest absolute Gasteiger partial charge is 0.358 e. The van der Waals surface area contributed by atoms with Crippen molar-refractivity contribution >= 4 is 22.9 Å². The van der Waals surface area contributed by atoms with E-state index < -0.39 is 12.1 Å². The molecule has 242 valence electrons. The molecule has 2 aliphatic rings. The Kier molecular flexibility index (Phi) is 14.8. The molecular formula is C40H60N2O2. The Bertz CT molecular complexity index is 1050. The summed E-state index contributed by atoms with van der Waals surface area (Å²) in [7, 11) is 0. The van der Waals surface area contributed by atoms with Gasteiger partial charge in [-0.1, -0.05) is 154 Å². The van der Waals surface area contributed by atoms with Crippen LogP contribution >= 0.6 is 0 Å². The summed E-state index contributed by atoms with van der Waals surface area (Å²) in [6.07, 6.45) is 25.7. The van der Waals surface area contributed by atoms with Crippen molar-refractivity contribution in [2.45, 2.75) is 154 Å². The molecule has 2 atom stereocenters. The minimum absolute atomic E-state index is 0.111. The van der Waals surface area contributed by atoms with E-state index in [-0.39, 0.29) is 11.6 Å². The summed E-state index contributed by atoms with van der Waals surface area (Å²) >= 11 is 0. The van der Waals surface area contributed by atoms with Crippen LogP contribution in [0.5, 0.6) is 0 Å². The van der Waals surface area contributed by atoms with Crippen molar-refractivity contribution in [1.29, 1.82) is 0 Å². The van der Waals surface area contributed by atoms with Crippen molar-refractivity contribution in [3.8, 4) is 0 Å². The lowest BCUT2D eigenvalue weighted by Crippen LogP contribution is -2.65. The van der Waals surface area contributed by atoms with Crippen LogP contribution in [-0.2, 0) is 0 Å². The topological polar surface area (TPSA) is 40.6 Å².